The van der Waals surface area contributed by atoms with Crippen LogP contribution < -0.4 is 5.32 Å². The molecule has 2 atom stereocenters. The minimum absolute atomic E-state index is 0.795. The van der Waals surface area contributed by atoms with E-state index in [1.807, 2.05) is 0 Å². The molecule has 0 aromatic heterocycles. The number of nitrogens with zero attached hydrogens (tertiary/aromatic N) is 1. The predicted octanol–water partition coefficient (Wildman–Crippen LogP) is 2.00. The zero-order chi connectivity index (χ0) is 9.80. The second-order valence-corrected chi connectivity index (χ2v) is 4.90. The van der Waals surface area contributed by atoms with Crippen LogP contribution in [0.2, 0.25) is 0 Å². The summed E-state index contributed by atoms with van der Waals surface area (Å²) < 4.78 is 0. The second kappa shape index (κ2) is 5.13. The summed E-state index contributed by atoms with van der Waals surface area (Å²) >= 11 is 0. The van der Waals surface area contributed by atoms with E-state index in [1.165, 1.54) is 58.0 Å². The van der Waals surface area contributed by atoms with Gasteiger partial charge in [-0.1, -0.05) is 12.8 Å². The lowest BCUT2D eigenvalue weighted by molar-refractivity contribution is 0.204. The van der Waals surface area contributed by atoms with Crippen molar-refractivity contribution < 1.29 is 0 Å². The van der Waals surface area contributed by atoms with Crippen LogP contribution in [0.3, 0.4) is 0 Å². The molecule has 1 saturated heterocycles. The smallest absolute Gasteiger partial charge is 0.0111 e. The van der Waals surface area contributed by atoms with Crippen molar-refractivity contribution in [1.29, 1.82) is 0 Å². The fourth-order valence-corrected chi connectivity index (χ4v) is 3.01. The molecule has 0 spiro atoms. The minimum Gasteiger partial charge on any atom is -0.317 e. The van der Waals surface area contributed by atoms with Crippen molar-refractivity contribution in [3.63, 3.8) is 0 Å². The highest BCUT2D eigenvalue weighted by molar-refractivity contribution is 4.86. The van der Waals surface area contributed by atoms with Gasteiger partial charge < -0.3 is 10.2 Å². The molecule has 0 bridgehead atoms. The topological polar surface area (TPSA) is 15.3 Å². The molecule has 2 nitrogen and oxygen atoms in total. The van der Waals surface area contributed by atoms with E-state index >= 15 is 0 Å². The molecule has 1 aliphatic carbocycles. The zero-order valence-corrected chi connectivity index (χ0v) is 9.47. The van der Waals surface area contributed by atoms with E-state index in [4.69, 9.17) is 0 Å². The molecule has 2 heteroatoms. The van der Waals surface area contributed by atoms with E-state index in [9.17, 15) is 0 Å². The Balaban J connectivity index is 1.82. The maximum atomic E-state index is 3.42. The van der Waals surface area contributed by atoms with Gasteiger partial charge in [0.15, 0.2) is 0 Å². The molecule has 14 heavy (non-hydrogen) atoms. The van der Waals surface area contributed by atoms with Crippen LogP contribution in [0.15, 0.2) is 0 Å². The fraction of sp³-hybridized carbons (Fsp3) is 1.00. The second-order valence-electron chi connectivity index (χ2n) is 4.90. The summed E-state index contributed by atoms with van der Waals surface area (Å²) in [6.45, 7) is 2.72. The molecule has 1 heterocycles. The lowest BCUT2D eigenvalue weighted by atomic mass is 10.2. The maximum Gasteiger partial charge on any atom is 0.0111 e. The molecule has 1 saturated carbocycles. The van der Waals surface area contributed by atoms with Crippen molar-refractivity contribution in [2.45, 2.75) is 57.0 Å². The average Bonchev–Trinajstić information content (AvgIpc) is 2.53. The van der Waals surface area contributed by atoms with Gasteiger partial charge in [-0.2, -0.15) is 0 Å². The first-order valence-electron chi connectivity index (χ1n) is 6.31. The molecule has 0 amide bonds. The van der Waals surface area contributed by atoms with Crippen molar-refractivity contribution in [1.82, 2.24) is 10.2 Å². The van der Waals surface area contributed by atoms with Crippen LogP contribution >= 0.6 is 0 Å². The van der Waals surface area contributed by atoms with Gasteiger partial charge in [0.05, 0.1) is 0 Å². The zero-order valence-electron chi connectivity index (χ0n) is 9.47. The minimum atomic E-state index is 0.795. The van der Waals surface area contributed by atoms with E-state index in [2.05, 4.69) is 17.3 Å². The summed E-state index contributed by atoms with van der Waals surface area (Å²) in [5.74, 6) is 0. The van der Waals surface area contributed by atoms with Gasteiger partial charge in [0.25, 0.3) is 0 Å². The first-order chi connectivity index (χ1) is 6.90. The Morgan fingerprint density at radius 3 is 2.29 bits per heavy atom. The number of hydrogen-bond donors (Lipinski definition) is 1. The molecule has 1 N–H and O–H groups in total. The van der Waals surface area contributed by atoms with Crippen LogP contribution in [-0.4, -0.2) is 37.1 Å². The molecular weight excluding hydrogens is 172 g/mol. The van der Waals surface area contributed by atoms with Gasteiger partial charge in [0, 0.05) is 12.1 Å². The number of rotatable bonds is 2. The summed E-state index contributed by atoms with van der Waals surface area (Å²) in [6.07, 6.45) is 9.97. The molecule has 2 unspecified atom stereocenters. The Bertz CT molecular complexity index is 162. The molecule has 2 fully saturated rings. The summed E-state index contributed by atoms with van der Waals surface area (Å²) in [4.78, 5) is 2.75. The normalized spacial score (nSPS) is 35.8. The monoisotopic (exact) mass is 196 g/mol. The van der Waals surface area contributed by atoms with Crippen molar-refractivity contribution in [3.8, 4) is 0 Å². The van der Waals surface area contributed by atoms with Gasteiger partial charge in [-0.15, -0.1) is 0 Å². The predicted molar refractivity (Wildman–Crippen MR) is 60.5 cm³/mol. The largest absolute Gasteiger partial charge is 0.317 e. The van der Waals surface area contributed by atoms with Crippen LogP contribution in [0.5, 0.6) is 0 Å². The number of hydrogen-bond acceptors (Lipinski definition) is 2. The molecule has 2 aliphatic rings. The van der Waals surface area contributed by atoms with E-state index < -0.39 is 0 Å². The van der Waals surface area contributed by atoms with E-state index in [0.717, 1.165) is 12.1 Å². The molecule has 2 rings (SSSR count). The Labute approximate surface area is 88.1 Å². The van der Waals surface area contributed by atoms with Crippen LogP contribution in [0.4, 0.5) is 0 Å². The molecular formula is C12H24N2. The summed E-state index contributed by atoms with van der Waals surface area (Å²) in [7, 11) is 2.11. The quantitative estimate of drug-likeness (QED) is 0.727. The highest BCUT2D eigenvalue weighted by Gasteiger charge is 2.28. The average molecular weight is 196 g/mol. The van der Waals surface area contributed by atoms with Gasteiger partial charge in [0.1, 0.15) is 0 Å². The van der Waals surface area contributed by atoms with Crippen molar-refractivity contribution in [2.24, 2.45) is 0 Å². The summed E-state index contributed by atoms with van der Waals surface area (Å²) in [5, 5.41) is 3.42. The molecule has 0 aromatic rings. The van der Waals surface area contributed by atoms with Crippen LogP contribution in [-0.2, 0) is 0 Å². The highest BCUT2D eigenvalue weighted by atomic mass is 15.2. The Kier molecular flexibility index (Phi) is 3.82. The van der Waals surface area contributed by atoms with Crippen LogP contribution in [0, 0.1) is 0 Å². The molecule has 82 valence electrons. The van der Waals surface area contributed by atoms with E-state index in [1.54, 1.807) is 0 Å². The summed E-state index contributed by atoms with van der Waals surface area (Å²) in [6, 6.07) is 1.69. The van der Waals surface area contributed by atoms with Crippen molar-refractivity contribution in [3.05, 3.63) is 0 Å². The third kappa shape index (κ3) is 2.48. The third-order valence-corrected chi connectivity index (χ3v) is 3.97. The van der Waals surface area contributed by atoms with Gasteiger partial charge in [0.2, 0.25) is 0 Å². The van der Waals surface area contributed by atoms with E-state index in [0.29, 0.717) is 0 Å². The number of likely N-dealkylation sites (tertiary alicyclic amines) is 1. The standard InChI is InChI=1S/C12H24N2/c1-13-11-6-7-12(10-11)14-8-4-2-3-5-9-14/h11-13H,2-10H2,1H3. The Morgan fingerprint density at radius 1 is 1.00 bits per heavy atom. The summed E-state index contributed by atoms with van der Waals surface area (Å²) in [5.41, 5.74) is 0. The van der Waals surface area contributed by atoms with Crippen LogP contribution in [0.1, 0.15) is 44.9 Å². The molecule has 0 radical (unpaired) electrons. The van der Waals surface area contributed by atoms with Crippen molar-refractivity contribution in [2.75, 3.05) is 20.1 Å². The Morgan fingerprint density at radius 2 is 1.71 bits per heavy atom. The van der Waals surface area contributed by atoms with E-state index in [-0.39, 0.29) is 0 Å². The lowest BCUT2D eigenvalue weighted by Crippen LogP contribution is -2.35. The SMILES string of the molecule is CNC1CCC(N2CCCCCC2)C1. The van der Waals surface area contributed by atoms with Crippen molar-refractivity contribution >= 4 is 0 Å². The van der Waals surface area contributed by atoms with Gasteiger partial charge >= 0.3 is 0 Å². The fourth-order valence-electron chi connectivity index (χ4n) is 3.01. The van der Waals surface area contributed by atoms with Crippen LogP contribution in [0.25, 0.3) is 0 Å². The highest BCUT2D eigenvalue weighted by Crippen LogP contribution is 2.26. The van der Waals surface area contributed by atoms with Gasteiger partial charge in [-0.3, -0.25) is 0 Å². The first kappa shape index (κ1) is 10.4. The van der Waals surface area contributed by atoms with Gasteiger partial charge in [-0.25, -0.2) is 0 Å². The number of nitrogens with one attached hydrogen (secondary N) is 1. The third-order valence-electron chi connectivity index (χ3n) is 3.97. The first-order valence-corrected chi connectivity index (χ1v) is 6.31. The lowest BCUT2D eigenvalue weighted by Gasteiger charge is -2.27. The maximum absolute atomic E-state index is 3.42. The molecule has 0 aromatic carbocycles. The Hall–Kier alpha value is -0.0800. The van der Waals surface area contributed by atoms with Gasteiger partial charge in [-0.05, 0) is 52.2 Å². The molecule has 1 aliphatic heterocycles.